The number of ether oxygens (including phenoxy) is 1. The lowest BCUT2D eigenvalue weighted by Gasteiger charge is -2.38. The van der Waals surface area contributed by atoms with Crippen LogP contribution in [0, 0.1) is 20.8 Å². The van der Waals surface area contributed by atoms with Crippen LogP contribution in [0.1, 0.15) is 64.5 Å². The molecular weight excluding hydrogens is 472 g/mol. The summed E-state index contributed by atoms with van der Waals surface area (Å²) in [7, 11) is -3.50. The number of carbonyl (C=O) groups is 1. The molecule has 3 aromatic carbocycles. The summed E-state index contributed by atoms with van der Waals surface area (Å²) in [6.45, 7) is 10.1. The third-order valence-corrected chi connectivity index (χ3v) is 7.63. The molecule has 3 aromatic rings. The Hall–Kier alpha value is -3.32. The van der Waals surface area contributed by atoms with Gasteiger partial charge in [0.15, 0.2) is 0 Å². The monoisotopic (exact) mass is 506 g/mol. The highest BCUT2D eigenvalue weighted by molar-refractivity contribution is 7.92. The summed E-state index contributed by atoms with van der Waals surface area (Å²) >= 11 is 0. The molecule has 0 aromatic heterocycles. The van der Waals surface area contributed by atoms with E-state index < -0.39 is 15.6 Å². The summed E-state index contributed by atoms with van der Waals surface area (Å²) in [5, 5.41) is 3.17. The number of hydrogen-bond donors (Lipinski definition) is 1. The normalized spacial score (nSPS) is 16.6. The van der Waals surface area contributed by atoms with Gasteiger partial charge < -0.3 is 10.1 Å². The number of amides is 1. The molecule has 0 saturated heterocycles. The molecule has 36 heavy (non-hydrogen) atoms. The minimum Gasteiger partial charge on any atom is -0.487 e. The number of rotatable bonds is 6. The summed E-state index contributed by atoms with van der Waals surface area (Å²) in [4.78, 5) is 13.2. The van der Waals surface area contributed by atoms with E-state index in [1.165, 1.54) is 10.6 Å². The lowest BCUT2D eigenvalue weighted by molar-refractivity contribution is 0.0619. The molecule has 1 amide bonds. The van der Waals surface area contributed by atoms with E-state index in [1.54, 1.807) is 12.1 Å². The molecule has 0 bridgehead atoms. The zero-order chi connectivity index (χ0) is 26.3. The number of hydrogen-bond acceptors (Lipinski definition) is 4. The lowest BCUT2D eigenvalue weighted by Crippen LogP contribution is -2.41. The number of nitrogens with zero attached hydrogens (tertiary/aromatic N) is 1. The van der Waals surface area contributed by atoms with E-state index in [1.807, 2.05) is 77.1 Å². The van der Waals surface area contributed by atoms with Crippen LogP contribution in [0.15, 0.2) is 60.7 Å². The third-order valence-electron chi connectivity index (χ3n) is 6.50. The summed E-state index contributed by atoms with van der Waals surface area (Å²) < 4.78 is 32.8. The van der Waals surface area contributed by atoms with Crippen LogP contribution in [-0.4, -0.2) is 26.2 Å². The summed E-state index contributed by atoms with van der Waals surface area (Å²) in [5.41, 5.74) is 5.56. The summed E-state index contributed by atoms with van der Waals surface area (Å²) in [6, 6.07) is 18.7. The van der Waals surface area contributed by atoms with Gasteiger partial charge in [-0.15, -0.1) is 0 Å². The van der Waals surface area contributed by atoms with Gasteiger partial charge in [-0.05, 0) is 75.6 Å². The molecule has 1 heterocycles. The molecule has 4 rings (SSSR count). The van der Waals surface area contributed by atoms with Gasteiger partial charge in [0.1, 0.15) is 11.4 Å². The third kappa shape index (κ3) is 5.73. The van der Waals surface area contributed by atoms with E-state index in [9.17, 15) is 13.2 Å². The highest BCUT2D eigenvalue weighted by Gasteiger charge is 2.34. The fourth-order valence-electron chi connectivity index (χ4n) is 4.64. The van der Waals surface area contributed by atoms with E-state index in [0.717, 1.165) is 33.6 Å². The molecule has 0 radical (unpaired) electrons. The highest BCUT2D eigenvalue weighted by atomic mass is 32.2. The van der Waals surface area contributed by atoms with Crippen molar-refractivity contribution in [3.05, 3.63) is 94.0 Å². The van der Waals surface area contributed by atoms with Crippen LogP contribution in [0.2, 0.25) is 0 Å². The molecular formula is C29H34N2O4S. The van der Waals surface area contributed by atoms with Crippen molar-refractivity contribution >= 4 is 21.6 Å². The predicted octanol–water partition coefficient (Wildman–Crippen LogP) is 5.61. The number of anilines is 1. The molecule has 0 aliphatic carbocycles. The number of aryl methyl sites for hydroxylation is 3. The van der Waals surface area contributed by atoms with Crippen molar-refractivity contribution in [1.82, 2.24) is 5.32 Å². The Labute approximate surface area is 214 Å². The van der Waals surface area contributed by atoms with Crippen molar-refractivity contribution in [2.45, 2.75) is 59.2 Å². The molecule has 1 atom stereocenters. The lowest BCUT2D eigenvalue weighted by atomic mass is 9.88. The Morgan fingerprint density at radius 3 is 2.31 bits per heavy atom. The average molecular weight is 507 g/mol. The molecule has 6 nitrogen and oxygen atoms in total. The topological polar surface area (TPSA) is 75.7 Å². The summed E-state index contributed by atoms with van der Waals surface area (Å²) in [5.74, 6) is 0.621. The van der Waals surface area contributed by atoms with Gasteiger partial charge in [-0.2, -0.15) is 0 Å². The van der Waals surface area contributed by atoms with Crippen molar-refractivity contribution in [1.29, 1.82) is 0 Å². The van der Waals surface area contributed by atoms with Crippen LogP contribution in [0.3, 0.4) is 0 Å². The average Bonchev–Trinajstić information content (AvgIpc) is 2.79. The maximum absolute atomic E-state index is 13.2. The Kier molecular flexibility index (Phi) is 6.88. The number of fused-ring (bicyclic) bond motifs is 1. The molecule has 7 heteroatoms. The smallest absolute Gasteiger partial charge is 0.251 e. The maximum Gasteiger partial charge on any atom is 0.251 e. The van der Waals surface area contributed by atoms with Crippen LogP contribution in [-0.2, 0) is 16.6 Å². The Morgan fingerprint density at radius 1 is 1.00 bits per heavy atom. The van der Waals surface area contributed by atoms with Crippen molar-refractivity contribution in [3.8, 4) is 5.75 Å². The van der Waals surface area contributed by atoms with E-state index in [2.05, 4.69) is 11.4 Å². The number of carbonyl (C=O) groups excluding carboxylic acids is 1. The minimum absolute atomic E-state index is 0.166. The van der Waals surface area contributed by atoms with Crippen molar-refractivity contribution in [2.24, 2.45) is 0 Å². The van der Waals surface area contributed by atoms with Gasteiger partial charge in [-0.3, -0.25) is 9.10 Å². The van der Waals surface area contributed by atoms with Gasteiger partial charge in [-0.1, -0.05) is 42.0 Å². The first-order valence-corrected chi connectivity index (χ1v) is 13.9. The first-order valence-electron chi connectivity index (χ1n) is 12.1. The van der Waals surface area contributed by atoms with E-state index in [-0.39, 0.29) is 18.5 Å². The molecule has 0 spiro atoms. The van der Waals surface area contributed by atoms with E-state index >= 15 is 0 Å². The zero-order valence-corrected chi connectivity index (χ0v) is 22.6. The van der Waals surface area contributed by atoms with Gasteiger partial charge in [-0.25, -0.2) is 8.42 Å². The second-order valence-electron chi connectivity index (χ2n) is 10.4. The van der Waals surface area contributed by atoms with Crippen LogP contribution in [0.4, 0.5) is 5.69 Å². The van der Waals surface area contributed by atoms with Crippen molar-refractivity contribution < 1.29 is 17.9 Å². The second-order valence-corrected chi connectivity index (χ2v) is 12.3. The fraction of sp³-hybridized carbons (Fsp3) is 0.345. The molecule has 0 saturated carbocycles. The Balaban J connectivity index is 1.54. The Morgan fingerprint density at radius 2 is 1.64 bits per heavy atom. The van der Waals surface area contributed by atoms with Gasteiger partial charge in [0.2, 0.25) is 10.0 Å². The number of nitrogens with one attached hydrogen (secondary N) is 1. The minimum atomic E-state index is -3.50. The first-order chi connectivity index (χ1) is 16.8. The van der Waals surface area contributed by atoms with Crippen LogP contribution < -0.4 is 14.4 Å². The van der Waals surface area contributed by atoms with Gasteiger partial charge in [0.05, 0.1) is 24.5 Å². The first kappa shape index (κ1) is 25.8. The molecule has 0 fully saturated rings. The largest absolute Gasteiger partial charge is 0.487 e. The second kappa shape index (κ2) is 9.62. The quantitative estimate of drug-likeness (QED) is 0.472. The van der Waals surface area contributed by atoms with Crippen LogP contribution in [0.5, 0.6) is 5.75 Å². The Bertz CT molecular complexity index is 1400. The van der Waals surface area contributed by atoms with Crippen molar-refractivity contribution in [3.63, 3.8) is 0 Å². The van der Waals surface area contributed by atoms with Crippen molar-refractivity contribution in [2.75, 3.05) is 10.6 Å². The predicted molar refractivity (Wildman–Crippen MR) is 144 cm³/mol. The number of benzene rings is 3. The fourth-order valence-corrected chi connectivity index (χ4v) is 5.58. The van der Waals surface area contributed by atoms with Gasteiger partial charge in [0.25, 0.3) is 5.91 Å². The van der Waals surface area contributed by atoms with Gasteiger partial charge in [0, 0.05) is 17.5 Å². The van der Waals surface area contributed by atoms with E-state index in [0.29, 0.717) is 17.7 Å². The van der Waals surface area contributed by atoms with Crippen LogP contribution >= 0.6 is 0 Å². The zero-order valence-electron chi connectivity index (χ0n) is 21.8. The molecule has 1 unspecified atom stereocenters. The SMILES string of the molecule is Cc1ccc2c(c1)C(NC(=O)c1ccc(CN(c3cc(C)ccc3C)S(C)(=O)=O)cc1)CC(C)(C)O2. The van der Waals surface area contributed by atoms with E-state index in [4.69, 9.17) is 4.74 Å². The standard InChI is InChI=1S/C29H34N2O4S/c1-19-8-14-27-24(15-19)25(17-29(4,5)35-27)30-28(32)23-12-10-22(11-13-23)18-31(36(6,33)34)26-16-20(2)7-9-21(26)3/h7-16,25H,17-18H2,1-6H3,(H,30,32). The molecule has 1 aliphatic rings. The molecule has 190 valence electrons. The number of sulfonamides is 1. The molecule has 1 N–H and O–H groups in total. The maximum atomic E-state index is 13.2. The summed E-state index contributed by atoms with van der Waals surface area (Å²) in [6.07, 6.45) is 1.87. The van der Waals surface area contributed by atoms with Gasteiger partial charge >= 0.3 is 0 Å². The van der Waals surface area contributed by atoms with Crippen LogP contribution in [0.25, 0.3) is 0 Å². The highest BCUT2D eigenvalue weighted by Crippen LogP contribution is 2.40. The molecule has 1 aliphatic heterocycles.